The number of aromatic nitrogens is 1. The number of pyridine rings is 1. The van der Waals surface area contributed by atoms with Gasteiger partial charge in [0.05, 0.1) is 5.71 Å². The van der Waals surface area contributed by atoms with E-state index in [9.17, 15) is 4.79 Å². The average molecular weight is 191 g/mol. The first kappa shape index (κ1) is 10.4. The van der Waals surface area contributed by atoms with Crippen molar-refractivity contribution in [1.82, 2.24) is 10.4 Å². The van der Waals surface area contributed by atoms with E-state index in [0.717, 1.165) is 11.3 Å². The Morgan fingerprint density at radius 1 is 1.50 bits per heavy atom. The Kier molecular flexibility index (Phi) is 3.79. The van der Waals surface area contributed by atoms with E-state index in [-0.39, 0.29) is 5.91 Å². The molecule has 0 unspecified atom stereocenters. The maximum absolute atomic E-state index is 10.9. The topological polar surface area (TPSA) is 54.4 Å². The van der Waals surface area contributed by atoms with Gasteiger partial charge in [0, 0.05) is 24.4 Å². The molecular formula is C10H13N3O. The Hall–Kier alpha value is -1.71. The molecule has 0 bridgehead atoms. The van der Waals surface area contributed by atoms with Crippen molar-refractivity contribution in [3.05, 3.63) is 30.1 Å². The van der Waals surface area contributed by atoms with Crippen molar-refractivity contribution < 1.29 is 4.79 Å². The molecule has 1 heterocycles. The summed E-state index contributed by atoms with van der Waals surface area (Å²) in [7, 11) is 0. The molecule has 0 fully saturated rings. The Morgan fingerprint density at radius 2 is 2.14 bits per heavy atom. The van der Waals surface area contributed by atoms with Gasteiger partial charge in [-0.1, -0.05) is 6.92 Å². The lowest BCUT2D eigenvalue weighted by atomic mass is 10.2. The molecule has 0 aliphatic heterocycles. The number of rotatable bonds is 3. The van der Waals surface area contributed by atoms with Crippen LogP contribution in [0.4, 0.5) is 0 Å². The van der Waals surface area contributed by atoms with Gasteiger partial charge in [-0.25, -0.2) is 5.43 Å². The van der Waals surface area contributed by atoms with Crippen LogP contribution in [0.2, 0.25) is 0 Å². The van der Waals surface area contributed by atoms with E-state index in [0.29, 0.717) is 6.42 Å². The summed E-state index contributed by atoms with van der Waals surface area (Å²) < 4.78 is 0. The summed E-state index contributed by atoms with van der Waals surface area (Å²) in [5.41, 5.74) is 4.19. The van der Waals surface area contributed by atoms with Crippen LogP contribution in [0.5, 0.6) is 0 Å². The van der Waals surface area contributed by atoms with Crippen molar-refractivity contribution in [2.75, 3.05) is 0 Å². The lowest BCUT2D eigenvalue weighted by molar-refractivity contribution is -0.120. The highest BCUT2D eigenvalue weighted by Crippen LogP contribution is 1.97. The van der Waals surface area contributed by atoms with Crippen LogP contribution >= 0.6 is 0 Å². The molecule has 0 saturated carbocycles. The Balaban J connectivity index is 2.66. The second kappa shape index (κ2) is 5.11. The molecule has 1 N–H and O–H groups in total. The van der Waals surface area contributed by atoms with Gasteiger partial charge in [-0.15, -0.1) is 0 Å². The van der Waals surface area contributed by atoms with Crippen LogP contribution in [0.1, 0.15) is 25.8 Å². The molecule has 0 aromatic carbocycles. The fourth-order valence-electron chi connectivity index (χ4n) is 0.883. The third kappa shape index (κ3) is 2.97. The first-order chi connectivity index (χ1) is 6.74. The Bertz CT molecular complexity index is 332. The predicted octanol–water partition coefficient (Wildman–Crippen LogP) is 1.33. The summed E-state index contributed by atoms with van der Waals surface area (Å²) in [6.45, 7) is 3.62. The van der Waals surface area contributed by atoms with Crippen LogP contribution in [-0.4, -0.2) is 16.6 Å². The van der Waals surface area contributed by atoms with Crippen LogP contribution in [0.15, 0.2) is 29.6 Å². The molecule has 0 spiro atoms. The second-order valence-electron chi connectivity index (χ2n) is 2.82. The van der Waals surface area contributed by atoms with E-state index in [2.05, 4.69) is 15.5 Å². The summed E-state index contributed by atoms with van der Waals surface area (Å²) in [5.74, 6) is -0.0848. The monoisotopic (exact) mass is 191 g/mol. The number of hydrogen-bond donors (Lipinski definition) is 1. The Labute approximate surface area is 83.1 Å². The summed E-state index contributed by atoms with van der Waals surface area (Å²) in [6, 6.07) is 3.69. The van der Waals surface area contributed by atoms with Gasteiger partial charge in [-0.2, -0.15) is 5.10 Å². The number of hydrazone groups is 1. The molecule has 4 nitrogen and oxygen atoms in total. The Morgan fingerprint density at radius 3 is 2.71 bits per heavy atom. The van der Waals surface area contributed by atoms with Crippen LogP contribution in [0.25, 0.3) is 0 Å². The summed E-state index contributed by atoms with van der Waals surface area (Å²) >= 11 is 0. The highest BCUT2D eigenvalue weighted by Gasteiger charge is 1.97. The molecule has 1 aromatic rings. The lowest BCUT2D eigenvalue weighted by Crippen LogP contribution is -2.17. The van der Waals surface area contributed by atoms with Crippen molar-refractivity contribution in [3.8, 4) is 0 Å². The number of nitrogens with zero attached hydrogens (tertiary/aromatic N) is 2. The number of nitrogens with one attached hydrogen (secondary N) is 1. The molecule has 14 heavy (non-hydrogen) atoms. The first-order valence-electron chi connectivity index (χ1n) is 4.47. The van der Waals surface area contributed by atoms with Crippen molar-refractivity contribution in [2.24, 2.45) is 5.10 Å². The third-order valence-electron chi connectivity index (χ3n) is 1.77. The fraction of sp³-hybridized carbons (Fsp3) is 0.300. The maximum Gasteiger partial charge on any atom is 0.239 e. The smallest absolute Gasteiger partial charge is 0.239 e. The average Bonchev–Trinajstić information content (AvgIpc) is 2.26. The zero-order valence-electron chi connectivity index (χ0n) is 8.32. The molecular weight excluding hydrogens is 178 g/mol. The lowest BCUT2D eigenvalue weighted by Gasteiger charge is -2.00. The summed E-state index contributed by atoms with van der Waals surface area (Å²) in [4.78, 5) is 14.8. The molecule has 1 aromatic heterocycles. The zero-order valence-corrected chi connectivity index (χ0v) is 8.32. The molecule has 0 radical (unpaired) electrons. The van der Waals surface area contributed by atoms with Gasteiger partial charge in [0.25, 0.3) is 0 Å². The highest BCUT2D eigenvalue weighted by atomic mass is 16.2. The maximum atomic E-state index is 10.9. The van der Waals surface area contributed by atoms with E-state index >= 15 is 0 Å². The van der Waals surface area contributed by atoms with Gasteiger partial charge in [0.15, 0.2) is 0 Å². The number of hydrogen-bond acceptors (Lipinski definition) is 3. The molecule has 0 atom stereocenters. The quantitative estimate of drug-likeness (QED) is 0.579. The minimum absolute atomic E-state index is 0.0848. The fourth-order valence-corrected chi connectivity index (χ4v) is 0.883. The number of carbonyl (C=O) groups excluding carboxylic acids is 1. The molecule has 4 heteroatoms. The third-order valence-corrected chi connectivity index (χ3v) is 1.77. The largest absolute Gasteiger partial charge is 0.273 e. The zero-order chi connectivity index (χ0) is 10.4. The molecule has 74 valence electrons. The van der Waals surface area contributed by atoms with Crippen LogP contribution in [-0.2, 0) is 4.79 Å². The van der Waals surface area contributed by atoms with Crippen molar-refractivity contribution in [2.45, 2.75) is 20.3 Å². The van der Waals surface area contributed by atoms with Gasteiger partial charge < -0.3 is 0 Å². The standard InChI is InChI=1S/C10H13N3O/c1-3-10(14)13-12-8(2)9-4-6-11-7-5-9/h4-7H,3H2,1-2H3,(H,13,14). The van der Waals surface area contributed by atoms with E-state index < -0.39 is 0 Å². The molecule has 0 saturated heterocycles. The van der Waals surface area contributed by atoms with Gasteiger partial charge in [0.1, 0.15) is 0 Å². The first-order valence-corrected chi connectivity index (χ1v) is 4.47. The normalized spacial score (nSPS) is 11.1. The van der Waals surface area contributed by atoms with Crippen molar-refractivity contribution in [1.29, 1.82) is 0 Å². The SMILES string of the molecule is CCC(=O)NN=C(C)c1ccncc1. The van der Waals surface area contributed by atoms with Gasteiger partial charge >= 0.3 is 0 Å². The minimum atomic E-state index is -0.0848. The number of carbonyl (C=O) groups is 1. The van der Waals surface area contributed by atoms with Crippen molar-refractivity contribution in [3.63, 3.8) is 0 Å². The summed E-state index contributed by atoms with van der Waals surface area (Å²) in [6.07, 6.45) is 3.82. The molecule has 1 rings (SSSR count). The molecule has 1 amide bonds. The molecule has 0 aliphatic rings. The predicted molar refractivity (Wildman–Crippen MR) is 54.9 cm³/mol. The van der Waals surface area contributed by atoms with E-state index in [1.807, 2.05) is 19.1 Å². The van der Waals surface area contributed by atoms with Gasteiger partial charge in [0.2, 0.25) is 5.91 Å². The second-order valence-corrected chi connectivity index (χ2v) is 2.82. The van der Waals surface area contributed by atoms with Gasteiger partial charge in [-0.05, 0) is 19.1 Å². The minimum Gasteiger partial charge on any atom is -0.273 e. The molecule has 0 aliphatic carbocycles. The van der Waals surface area contributed by atoms with E-state index in [1.54, 1.807) is 19.3 Å². The van der Waals surface area contributed by atoms with E-state index in [4.69, 9.17) is 0 Å². The van der Waals surface area contributed by atoms with Crippen LogP contribution in [0.3, 0.4) is 0 Å². The summed E-state index contributed by atoms with van der Waals surface area (Å²) in [5, 5.41) is 3.95. The van der Waals surface area contributed by atoms with Crippen LogP contribution in [0, 0.1) is 0 Å². The highest BCUT2D eigenvalue weighted by molar-refractivity contribution is 5.99. The van der Waals surface area contributed by atoms with Gasteiger partial charge in [-0.3, -0.25) is 9.78 Å². The van der Waals surface area contributed by atoms with E-state index in [1.165, 1.54) is 0 Å². The van der Waals surface area contributed by atoms with Crippen molar-refractivity contribution >= 4 is 11.6 Å². The van der Waals surface area contributed by atoms with Crippen LogP contribution < -0.4 is 5.43 Å². The number of amides is 1.